The molecule has 4 heteroatoms. The topological polar surface area (TPSA) is 35.5 Å². The summed E-state index contributed by atoms with van der Waals surface area (Å²) in [5.74, 6) is 0.820. The van der Waals surface area contributed by atoms with Crippen LogP contribution in [-0.4, -0.2) is 30.6 Å². The van der Waals surface area contributed by atoms with Crippen molar-refractivity contribution in [3.63, 3.8) is 0 Å². The number of nitrogens with one attached hydrogen (secondary N) is 1. The number of benzene rings is 2. The van der Waals surface area contributed by atoms with E-state index in [4.69, 9.17) is 0 Å². The minimum absolute atomic E-state index is 0.348. The lowest BCUT2D eigenvalue weighted by Crippen LogP contribution is -2.18. The number of nitrogens with zero attached hydrogens (tertiary/aromatic N) is 1. The standard InChI is InChI=1S/C23H26N2OS/c1-14-9-20(26)21(22-19-13-27-12-18(19)10-24-23(14)22)17-7-5-16(6-8-17)15(2)11-25(3)4/h5-9,12-13,15,24,26H,10-11H2,1-4H3/t15-/m0/s1. The summed E-state index contributed by atoms with van der Waals surface area (Å²) in [4.78, 5) is 2.21. The van der Waals surface area contributed by atoms with E-state index in [0.717, 1.165) is 41.0 Å². The quantitative estimate of drug-likeness (QED) is 0.573. The second-order valence-electron chi connectivity index (χ2n) is 7.79. The van der Waals surface area contributed by atoms with Crippen LogP contribution in [0.4, 0.5) is 5.69 Å². The predicted molar refractivity (Wildman–Crippen MR) is 116 cm³/mol. The summed E-state index contributed by atoms with van der Waals surface area (Å²) in [6.45, 7) is 6.17. The summed E-state index contributed by atoms with van der Waals surface area (Å²) in [5.41, 5.74) is 9.20. The number of hydrogen-bond donors (Lipinski definition) is 2. The van der Waals surface area contributed by atoms with E-state index in [0.29, 0.717) is 11.7 Å². The van der Waals surface area contributed by atoms with Crippen molar-refractivity contribution < 1.29 is 5.11 Å². The molecule has 2 aromatic carbocycles. The SMILES string of the molecule is Cc1cc(O)c(-c2ccc([C@@H](C)CN(C)C)cc2)c2c1NCc1cscc1-2. The zero-order valence-electron chi connectivity index (χ0n) is 16.3. The number of thiophene rings is 1. The predicted octanol–water partition coefficient (Wildman–Crippen LogP) is 5.69. The Morgan fingerprint density at radius 3 is 2.59 bits per heavy atom. The zero-order valence-corrected chi connectivity index (χ0v) is 17.2. The van der Waals surface area contributed by atoms with Crippen LogP contribution in [-0.2, 0) is 6.54 Å². The van der Waals surface area contributed by atoms with Gasteiger partial charge in [0.1, 0.15) is 5.75 Å². The molecule has 0 amide bonds. The van der Waals surface area contributed by atoms with Crippen LogP contribution >= 0.6 is 11.3 Å². The average molecular weight is 379 g/mol. The van der Waals surface area contributed by atoms with E-state index < -0.39 is 0 Å². The highest BCUT2D eigenvalue weighted by atomic mass is 32.1. The molecular formula is C23H26N2OS. The smallest absolute Gasteiger partial charge is 0.124 e. The van der Waals surface area contributed by atoms with Crippen LogP contribution in [0.25, 0.3) is 22.3 Å². The van der Waals surface area contributed by atoms with Crippen LogP contribution in [0.1, 0.15) is 29.5 Å². The fourth-order valence-electron chi connectivity index (χ4n) is 4.08. The Morgan fingerprint density at radius 2 is 1.89 bits per heavy atom. The van der Waals surface area contributed by atoms with E-state index in [1.165, 1.54) is 16.7 Å². The van der Waals surface area contributed by atoms with Gasteiger partial charge >= 0.3 is 0 Å². The van der Waals surface area contributed by atoms with Crippen molar-refractivity contribution in [2.45, 2.75) is 26.3 Å². The van der Waals surface area contributed by atoms with Crippen LogP contribution in [0.2, 0.25) is 0 Å². The van der Waals surface area contributed by atoms with Gasteiger partial charge in [0.25, 0.3) is 0 Å². The van der Waals surface area contributed by atoms with Crippen LogP contribution in [0.5, 0.6) is 5.75 Å². The van der Waals surface area contributed by atoms with Crippen molar-refractivity contribution in [3.05, 3.63) is 57.8 Å². The minimum atomic E-state index is 0.348. The lowest BCUT2D eigenvalue weighted by Gasteiger charge is -2.25. The molecule has 2 N–H and O–H groups in total. The molecule has 3 nitrogen and oxygen atoms in total. The number of phenols is 1. The number of anilines is 1. The molecule has 140 valence electrons. The number of hydrogen-bond acceptors (Lipinski definition) is 4. The maximum atomic E-state index is 10.8. The number of aryl methyl sites for hydroxylation is 1. The first-order chi connectivity index (χ1) is 13.0. The third-order valence-electron chi connectivity index (χ3n) is 5.38. The first-order valence-electron chi connectivity index (χ1n) is 9.36. The molecular weight excluding hydrogens is 352 g/mol. The maximum absolute atomic E-state index is 10.8. The Bertz CT molecular complexity index is 973. The number of fused-ring (bicyclic) bond motifs is 3. The monoisotopic (exact) mass is 378 g/mol. The molecule has 1 aromatic heterocycles. The van der Waals surface area contributed by atoms with Crippen molar-refractivity contribution >= 4 is 17.0 Å². The molecule has 0 bridgehead atoms. The number of rotatable bonds is 4. The van der Waals surface area contributed by atoms with Crippen LogP contribution < -0.4 is 5.32 Å². The fraction of sp³-hybridized carbons (Fsp3) is 0.304. The van der Waals surface area contributed by atoms with Crippen molar-refractivity contribution in [1.29, 1.82) is 0 Å². The van der Waals surface area contributed by atoms with Crippen molar-refractivity contribution in [2.75, 3.05) is 26.0 Å². The second-order valence-corrected chi connectivity index (χ2v) is 8.53. The molecule has 0 unspecified atom stereocenters. The van der Waals surface area contributed by atoms with Gasteiger partial charge in [-0.25, -0.2) is 0 Å². The number of likely N-dealkylation sites (N-methyl/N-ethyl adjacent to an activating group) is 1. The summed E-state index contributed by atoms with van der Waals surface area (Å²) in [6, 6.07) is 10.6. The van der Waals surface area contributed by atoms with E-state index in [2.05, 4.69) is 73.2 Å². The lowest BCUT2D eigenvalue weighted by molar-refractivity contribution is 0.383. The molecule has 1 aliphatic heterocycles. The van der Waals surface area contributed by atoms with E-state index in [1.807, 2.05) is 6.07 Å². The average Bonchev–Trinajstić information content (AvgIpc) is 3.10. The highest BCUT2D eigenvalue weighted by Crippen LogP contribution is 2.49. The van der Waals surface area contributed by atoms with E-state index in [-0.39, 0.29) is 0 Å². The Morgan fingerprint density at radius 1 is 1.15 bits per heavy atom. The normalized spacial score (nSPS) is 13.8. The van der Waals surface area contributed by atoms with E-state index >= 15 is 0 Å². The van der Waals surface area contributed by atoms with Gasteiger partial charge in [0.2, 0.25) is 0 Å². The van der Waals surface area contributed by atoms with Gasteiger partial charge in [0.05, 0.1) is 0 Å². The summed E-state index contributed by atoms with van der Waals surface area (Å²) >= 11 is 1.72. The Kier molecular flexibility index (Phi) is 4.70. The van der Waals surface area contributed by atoms with Gasteiger partial charge in [-0.3, -0.25) is 0 Å². The summed E-state index contributed by atoms with van der Waals surface area (Å²) < 4.78 is 0. The third kappa shape index (κ3) is 3.24. The molecule has 3 aromatic rings. The van der Waals surface area contributed by atoms with Gasteiger partial charge in [-0.05, 0) is 66.0 Å². The van der Waals surface area contributed by atoms with Crippen molar-refractivity contribution in [2.24, 2.45) is 0 Å². The van der Waals surface area contributed by atoms with Crippen molar-refractivity contribution in [1.82, 2.24) is 4.90 Å². The highest BCUT2D eigenvalue weighted by molar-refractivity contribution is 7.08. The molecule has 0 aliphatic carbocycles. The third-order valence-corrected chi connectivity index (χ3v) is 6.17. The van der Waals surface area contributed by atoms with Gasteiger partial charge in [0.15, 0.2) is 0 Å². The molecule has 27 heavy (non-hydrogen) atoms. The van der Waals surface area contributed by atoms with E-state index in [9.17, 15) is 5.11 Å². The summed E-state index contributed by atoms with van der Waals surface area (Å²) in [7, 11) is 4.21. The molecule has 0 spiro atoms. The molecule has 0 radical (unpaired) electrons. The molecule has 0 fully saturated rings. The molecule has 1 atom stereocenters. The molecule has 1 aliphatic rings. The maximum Gasteiger partial charge on any atom is 0.124 e. The van der Waals surface area contributed by atoms with Crippen LogP contribution in [0, 0.1) is 6.92 Å². The molecule has 4 rings (SSSR count). The summed E-state index contributed by atoms with van der Waals surface area (Å²) in [5, 5.41) is 18.8. The Hall–Kier alpha value is -2.30. The summed E-state index contributed by atoms with van der Waals surface area (Å²) in [6.07, 6.45) is 0. The Labute approximate surface area is 165 Å². The lowest BCUT2D eigenvalue weighted by atomic mass is 9.87. The van der Waals surface area contributed by atoms with Gasteiger partial charge < -0.3 is 15.3 Å². The van der Waals surface area contributed by atoms with Gasteiger partial charge in [-0.15, -0.1) is 0 Å². The first-order valence-corrected chi connectivity index (χ1v) is 10.3. The van der Waals surface area contributed by atoms with Crippen LogP contribution in [0.3, 0.4) is 0 Å². The van der Waals surface area contributed by atoms with Gasteiger partial charge in [-0.1, -0.05) is 31.2 Å². The molecule has 0 saturated heterocycles. The number of aromatic hydroxyl groups is 1. The zero-order chi connectivity index (χ0) is 19.1. The van der Waals surface area contributed by atoms with Gasteiger partial charge in [-0.2, -0.15) is 11.3 Å². The van der Waals surface area contributed by atoms with Crippen LogP contribution in [0.15, 0.2) is 41.1 Å². The van der Waals surface area contributed by atoms with Crippen molar-refractivity contribution in [3.8, 4) is 28.0 Å². The number of phenolic OH excluding ortho intramolecular Hbond substituents is 1. The minimum Gasteiger partial charge on any atom is -0.507 e. The first kappa shape index (κ1) is 18.1. The Balaban J connectivity index is 1.82. The largest absolute Gasteiger partial charge is 0.507 e. The highest BCUT2D eigenvalue weighted by Gasteiger charge is 2.24. The van der Waals surface area contributed by atoms with E-state index in [1.54, 1.807) is 11.3 Å². The van der Waals surface area contributed by atoms with Gasteiger partial charge in [0, 0.05) is 35.5 Å². The molecule has 0 saturated carbocycles. The second kappa shape index (κ2) is 7.02. The fourth-order valence-corrected chi connectivity index (χ4v) is 4.93. The molecule has 2 heterocycles.